The standard InChI is InChI=1S/C21H21Si.Zr/c1-22(2,3)21-18-11-7-5-9-16(18)14-20(21)19-13-12-15-8-4-6-10-17(15)19;/h4-14,19H,1-3H3;. The summed E-state index contributed by atoms with van der Waals surface area (Å²) in [7, 11) is -1.41. The van der Waals surface area contributed by atoms with Gasteiger partial charge >= 0.3 is 156 Å². The van der Waals surface area contributed by atoms with Crippen LogP contribution in [0.25, 0.3) is 11.3 Å². The van der Waals surface area contributed by atoms with Crippen molar-refractivity contribution in [2.45, 2.75) is 29.2 Å². The van der Waals surface area contributed by atoms with Crippen LogP contribution in [0, 0.1) is 0 Å². The summed E-state index contributed by atoms with van der Waals surface area (Å²) >= 11 is 1.62. The predicted molar refractivity (Wildman–Crippen MR) is 97.7 cm³/mol. The van der Waals surface area contributed by atoms with E-state index in [1.807, 2.05) is 0 Å². The molecule has 4 rings (SSSR count). The Bertz CT molecular complexity index is 839. The minimum atomic E-state index is -1.41. The van der Waals surface area contributed by atoms with Crippen LogP contribution in [0.3, 0.4) is 0 Å². The number of hydrogen-bond donors (Lipinski definition) is 0. The van der Waals surface area contributed by atoms with Crippen LogP contribution in [0.4, 0.5) is 0 Å². The summed E-state index contributed by atoms with van der Waals surface area (Å²) in [6.45, 7) is 7.49. The topological polar surface area (TPSA) is 0 Å². The zero-order valence-corrected chi connectivity index (χ0v) is 17.4. The van der Waals surface area contributed by atoms with Crippen LogP contribution in [0.2, 0.25) is 19.6 Å². The van der Waals surface area contributed by atoms with E-state index < -0.39 is 8.07 Å². The van der Waals surface area contributed by atoms with Crippen molar-refractivity contribution in [3.63, 3.8) is 0 Å². The predicted octanol–water partition coefficient (Wildman–Crippen LogP) is 5.73. The zero-order valence-electron chi connectivity index (χ0n) is 13.9. The Kier molecular flexibility index (Phi) is 3.74. The van der Waals surface area contributed by atoms with E-state index in [-0.39, 0.29) is 0 Å². The first-order valence-electron chi connectivity index (χ1n) is 8.30. The van der Waals surface area contributed by atoms with Gasteiger partial charge in [-0.3, -0.25) is 0 Å². The molecule has 2 aromatic carbocycles. The number of benzene rings is 2. The number of fused-ring (bicyclic) bond motifs is 2. The fourth-order valence-electron chi connectivity index (χ4n) is 4.14. The number of rotatable bonds is 2. The van der Waals surface area contributed by atoms with Gasteiger partial charge in [-0.2, -0.15) is 0 Å². The normalized spacial score (nSPS) is 22.3. The second-order valence-electron chi connectivity index (χ2n) is 7.57. The average molecular weight is 393 g/mol. The fraction of sp³-hybridized carbons (Fsp3) is 0.238. The molecule has 113 valence electrons. The average Bonchev–Trinajstić information content (AvgIpc) is 3.06. The summed E-state index contributed by atoms with van der Waals surface area (Å²) in [6, 6.07) is 18.0. The van der Waals surface area contributed by atoms with Crippen molar-refractivity contribution in [2.75, 3.05) is 0 Å². The van der Waals surface area contributed by atoms with Gasteiger partial charge in [0.1, 0.15) is 0 Å². The molecule has 0 fully saturated rings. The molecule has 2 atom stereocenters. The summed E-state index contributed by atoms with van der Waals surface area (Å²) in [5, 5.41) is 1.71. The van der Waals surface area contributed by atoms with Crippen molar-refractivity contribution in [3.05, 3.63) is 82.4 Å². The number of allylic oxidation sites excluding steroid dienone is 2. The van der Waals surface area contributed by atoms with Crippen molar-refractivity contribution in [2.24, 2.45) is 0 Å². The Morgan fingerprint density at radius 3 is 2.26 bits per heavy atom. The molecule has 23 heavy (non-hydrogen) atoms. The van der Waals surface area contributed by atoms with Crippen LogP contribution >= 0.6 is 0 Å². The molecule has 2 unspecified atom stereocenters. The van der Waals surface area contributed by atoms with Gasteiger partial charge in [0.25, 0.3) is 0 Å². The summed E-state index contributed by atoms with van der Waals surface area (Å²) in [4.78, 5) is 0. The fourth-order valence-corrected chi connectivity index (χ4v) is 8.11. The van der Waals surface area contributed by atoms with Gasteiger partial charge in [-0.1, -0.05) is 0 Å². The maximum absolute atomic E-state index is 2.50. The van der Waals surface area contributed by atoms with E-state index in [1.165, 1.54) is 11.1 Å². The molecule has 0 aliphatic heterocycles. The molecule has 2 aliphatic rings. The van der Waals surface area contributed by atoms with Gasteiger partial charge in [0.05, 0.1) is 0 Å². The van der Waals surface area contributed by atoms with E-state index in [2.05, 4.69) is 80.3 Å². The molecule has 0 nitrogen and oxygen atoms in total. The van der Waals surface area contributed by atoms with Crippen LogP contribution in [-0.4, -0.2) is 8.07 Å². The van der Waals surface area contributed by atoms with Crippen LogP contribution in [0.5, 0.6) is 0 Å². The minimum absolute atomic E-state index is 0.477. The van der Waals surface area contributed by atoms with Gasteiger partial charge in [0, 0.05) is 0 Å². The summed E-state index contributed by atoms with van der Waals surface area (Å²) in [5.74, 6) is 0.477. The van der Waals surface area contributed by atoms with Gasteiger partial charge < -0.3 is 0 Å². The van der Waals surface area contributed by atoms with Gasteiger partial charge in [-0.05, 0) is 0 Å². The third kappa shape index (κ3) is 2.42. The number of hydrogen-bond acceptors (Lipinski definition) is 0. The van der Waals surface area contributed by atoms with E-state index in [4.69, 9.17) is 0 Å². The Labute approximate surface area is 155 Å². The molecule has 0 amide bonds. The van der Waals surface area contributed by atoms with E-state index >= 15 is 0 Å². The first-order valence-corrected chi connectivity index (χ1v) is 13.2. The third-order valence-electron chi connectivity index (χ3n) is 5.03. The summed E-state index contributed by atoms with van der Waals surface area (Å²) < 4.78 is 0.612. The molecule has 0 heterocycles. The molecule has 2 heteroatoms. The van der Waals surface area contributed by atoms with Crippen LogP contribution in [-0.2, 0) is 24.7 Å². The third-order valence-corrected chi connectivity index (χ3v) is 8.61. The quantitative estimate of drug-likeness (QED) is 0.573. The van der Waals surface area contributed by atoms with Crippen molar-refractivity contribution in [1.29, 1.82) is 0 Å². The second-order valence-corrected chi connectivity index (χ2v) is 14.0. The summed E-state index contributed by atoms with van der Waals surface area (Å²) in [5.41, 5.74) is 7.71. The van der Waals surface area contributed by atoms with E-state index in [1.54, 1.807) is 46.6 Å². The molecule has 0 bridgehead atoms. The van der Waals surface area contributed by atoms with E-state index in [0.717, 1.165) is 0 Å². The Morgan fingerprint density at radius 1 is 0.870 bits per heavy atom. The zero-order chi connectivity index (χ0) is 16.2. The molecule has 0 radical (unpaired) electrons. The first-order chi connectivity index (χ1) is 11.0. The van der Waals surface area contributed by atoms with Crippen molar-refractivity contribution < 1.29 is 24.7 Å². The Hall–Kier alpha value is -0.980. The van der Waals surface area contributed by atoms with E-state index in [0.29, 0.717) is 9.54 Å². The second kappa shape index (κ2) is 5.53. The van der Waals surface area contributed by atoms with Crippen LogP contribution < -0.4 is 0 Å². The van der Waals surface area contributed by atoms with Crippen molar-refractivity contribution in [3.8, 4) is 0 Å². The Balaban J connectivity index is 1.95. The molecular weight excluding hydrogens is 372 g/mol. The molecule has 0 N–H and O–H groups in total. The van der Waals surface area contributed by atoms with Gasteiger partial charge in [-0.15, -0.1) is 0 Å². The molecule has 2 aromatic rings. The van der Waals surface area contributed by atoms with Crippen LogP contribution in [0.15, 0.2) is 60.2 Å². The van der Waals surface area contributed by atoms with Crippen LogP contribution in [0.1, 0.15) is 31.8 Å². The first kappa shape index (κ1) is 15.5. The van der Waals surface area contributed by atoms with Crippen molar-refractivity contribution >= 4 is 19.3 Å². The molecule has 0 saturated carbocycles. The molecule has 0 saturated heterocycles. The monoisotopic (exact) mass is 391 g/mol. The summed E-state index contributed by atoms with van der Waals surface area (Å²) in [6.07, 6.45) is 4.75. The molecule has 0 spiro atoms. The molecule has 2 aliphatic carbocycles. The molecular formula is C21H21SiZr. The van der Waals surface area contributed by atoms with Gasteiger partial charge in [-0.25, -0.2) is 0 Å². The SMILES string of the molecule is C[Si](C)(C)C1=C(C2C=Cc3ccccc32)[CH]([Zr])c2ccccc21. The maximum atomic E-state index is 2.50. The Morgan fingerprint density at radius 2 is 1.52 bits per heavy atom. The van der Waals surface area contributed by atoms with Gasteiger partial charge in [0.15, 0.2) is 0 Å². The molecule has 0 aromatic heterocycles. The van der Waals surface area contributed by atoms with Crippen molar-refractivity contribution in [1.82, 2.24) is 0 Å². The van der Waals surface area contributed by atoms with E-state index in [9.17, 15) is 0 Å². The van der Waals surface area contributed by atoms with Gasteiger partial charge in [0.2, 0.25) is 0 Å².